The van der Waals surface area contributed by atoms with Crippen LogP contribution in [0, 0.1) is 13.8 Å². The topological polar surface area (TPSA) is 75.6 Å². The number of aryl methyl sites for hydroxylation is 2. The lowest BCUT2D eigenvalue weighted by molar-refractivity contribution is -0.0179. The van der Waals surface area contributed by atoms with Gasteiger partial charge in [0, 0.05) is 12.2 Å². The maximum absolute atomic E-state index is 13.0. The first-order valence-corrected chi connectivity index (χ1v) is 8.83. The van der Waals surface area contributed by atoms with Gasteiger partial charge in [-0.1, -0.05) is 12.1 Å². The summed E-state index contributed by atoms with van der Waals surface area (Å²) >= 11 is 0. The number of aromatic nitrogens is 2. The van der Waals surface area contributed by atoms with Gasteiger partial charge in [0.2, 0.25) is 0 Å². The summed E-state index contributed by atoms with van der Waals surface area (Å²) in [4.78, 5) is 23.3. The number of carbonyl (C=O) groups is 1. The van der Waals surface area contributed by atoms with E-state index in [0.29, 0.717) is 18.1 Å². The number of hydrogen-bond donors (Lipinski definition) is 1. The SMILES string of the molecule is COc1ccc(C(C)(O)C2CCCN2C(=O)c2cc(C)nc(C)n2)cc1. The van der Waals surface area contributed by atoms with Crippen molar-refractivity contribution in [2.45, 2.75) is 45.3 Å². The van der Waals surface area contributed by atoms with Crippen molar-refractivity contribution in [3.05, 3.63) is 53.1 Å². The van der Waals surface area contributed by atoms with E-state index in [1.54, 1.807) is 31.9 Å². The zero-order valence-corrected chi connectivity index (χ0v) is 15.7. The quantitative estimate of drug-likeness (QED) is 0.912. The Labute approximate surface area is 153 Å². The second-order valence-electron chi connectivity index (χ2n) is 6.97. The van der Waals surface area contributed by atoms with Crippen molar-refractivity contribution in [3.8, 4) is 5.75 Å². The minimum atomic E-state index is -1.16. The Kier molecular flexibility index (Phi) is 4.96. The molecule has 6 nitrogen and oxygen atoms in total. The second-order valence-corrected chi connectivity index (χ2v) is 6.97. The molecular weight excluding hydrogens is 330 g/mol. The highest BCUT2D eigenvalue weighted by Gasteiger charge is 2.43. The standard InChI is InChI=1S/C20H25N3O3/c1-13-12-17(22-14(2)21-13)19(24)23-11-5-6-18(23)20(3,25)15-7-9-16(26-4)10-8-15/h7-10,12,18,25H,5-6,11H2,1-4H3. The Hall–Kier alpha value is -2.47. The van der Waals surface area contributed by atoms with Crippen LogP contribution in [0.1, 0.15) is 47.3 Å². The van der Waals surface area contributed by atoms with Gasteiger partial charge in [-0.25, -0.2) is 9.97 Å². The van der Waals surface area contributed by atoms with E-state index < -0.39 is 5.60 Å². The first kappa shape index (κ1) is 18.3. The Morgan fingerprint density at radius 3 is 2.58 bits per heavy atom. The van der Waals surface area contributed by atoms with Crippen molar-refractivity contribution in [2.24, 2.45) is 0 Å². The Morgan fingerprint density at radius 1 is 1.27 bits per heavy atom. The molecular formula is C20H25N3O3. The molecule has 2 heterocycles. The number of methoxy groups -OCH3 is 1. The first-order chi connectivity index (χ1) is 12.3. The number of rotatable bonds is 4. The van der Waals surface area contributed by atoms with Gasteiger partial charge >= 0.3 is 0 Å². The van der Waals surface area contributed by atoms with Gasteiger partial charge in [-0.3, -0.25) is 4.79 Å². The van der Waals surface area contributed by atoms with Gasteiger partial charge in [0.25, 0.3) is 5.91 Å². The van der Waals surface area contributed by atoms with Gasteiger partial charge in [-0.05, 0) is 57.4 Å². The van der Waals surface area contributed by atoms with Crippen LogP contribution >= 0.6 is 0 Å². The van der Waals surface area contributed by atoms with Crippen molar-refractivity contribution in [1.29, 1.82) is 0 Å². The predicted molar refractivity (Wildman–Crippen MR) is 98.1 cm³/mol. The maximum Gasteiger partial charge on any atom is 0.272 e. The van der Waals surface area contributed by atoms with Crippen LogP contribution in [0.2, 0.25) is 0 Å². The summed E-state index contributed by atoms with van der Waals surface area (Å²) in [6.07, 6.45) is 1.60. The summed E-state index contributed by atoms with van der Waals surface area (Å²) in [5.41, 5.74) is 0.749. The van der Waals surface area contributed by atoms with Crippen LogP contribution < -0.4 is 4.74 Å². The molecule has 2 unspecified atom stereocenters. The summed E-state index contributed by atoms with van der Waals surface area (Å²) in [6.45, 7) is 6.00. The average Bonchev–Trinajstić information content (AvgIpc) is 3.11. The lowest BCUT2D eigenvalue weighted by atomic mass is 9.86. The Bertz CT molecular complexity index is 782. The molecule has 26 heavy (non-hydrogen) atoms. The van der Waals surface area contributed by atoms with Crippen LogP contribution in [0.5, 0.6) is 5.75 Å². The molecule has 0 bridgehead atoms. The Morgan fingerprint density at radius 2 is 1.96 bits per heavy atom. The lowest BCUT2D eigenvalue weighted by Crippen LogP contribution is -2.48. The fourth-order valence-corrected chi connectivity index (χ4v) is 3.69. The fourth-order valence-electron chi connectivity index (χ4n) is 3.69. The monoisotopic (exact) mass is 355 g/mol. The molecule has 2 atom stereocenters. The van der Waals surface area contributed by atoms with Gasteiger partial charge in [-0.2, -0.15) is 0 Å². The van der Waals surface area contributed by atoms with Crippen molar-refractivity contribution < 1.29 is 14.6 Å². The number of carbonyl (C=O) groups excluding carboxylic acids is 1. The molecule has 1 N–H and O–H groups in total. The van der Waals surface area contributed by atoms with Crippen molar-refractivity contribution in [2.75, 3.05) is 13.7 Å². The number of nitrogens with zero attached hydrogens (tertiary/aromatic N) is 3. The first-order valence-electron chi connectivity index (χ1n) is 8.83. The van der Waals surface area contributed by atoms with E-state index in [-0.39, 0.29) is 11.9 Å². The molecule has 1 aromatic carbocycles. The predicted octanol–water partition coefficient (Wildman–Crippen LogP) is 2.61. The molecule has 1 aliphatic heterocycles. The molecule has 1 amide bonds. The smallest absolute Gasteiger partial charge is 0.272 e. The van der Waals surface area contributed by atoms with Crippen LogP contribution in [-0.2, 0) is 5.60 Å². The third-order valence-corrected chi connectivity index (χ3v) is 5.02. The second kappa shape index (κ2) is 7.03. The van der Waals surface area contributed by atoms with E-state index in [9.17, 15) is 9.90 Å². The number of hydrogen-bond acceptors (Lipinski definition) is 5. The molecule has 0 spiro atoms. The number of aliphatic hydroxyl groups is 1. The van der Waals surface area contributed by atoms with Crippen LogP contribution in [0.25, 0.3) is 0 Å². The number of ether oxygens (including phenoxy) is 1. The van der Waals surface area contributed by atoms with Crippen LogP contribution in [0.4, 0.5) is 0 Å². The van der Waals surface area contributed by atoms with Gasteiger partial charge in [0.15, 0.2) is 0 Å². The molecule has 1 aromatic heterocycles. The molecule has 1 saturated heterocycles. The molecule has 1 fully saturated rings. The van der Waals surface area contributed by atoms with Gasteiger partial charge < -0.3 is 14.7 Å². The Balaban J connectivity index is 1.89. The number of benzene rings is 1. The maximum atomic E-state index is 13.0. The zero-order valence-electron chi connectivity index (χ0n) is 15.7. The third-order valence-electron chi connectivity index (χ3n) is 5.02. The van der Waals surface area contributed by atoms with Gasteiger partial charge in [-0.15, -0.1) is 0 Å². The number of amides is 1. The van der Waals surface area contributed by atoms with Gasteiger partial charge in [0.1, 0.15) is 22.9 Å². The number of likely N-dealkylation sites (tertiary alicyclic amines) is 1. The molecule has 0 saturated carbocycles. The molecule has 0 aliphatic carbocycles. The average molecular weight is 355 g/mol. The fraction of sp³-hybridized carbons (Fsp3) is 0.450. The summed E-state index contributed by atoms with van der Waals surface area (Å²) in [5.74, 6) is 1.15. The summed E-state index contributed by atoms with van der Waals surface area (Å²) in [6, 6.07) is 8.73. The summed E-state index contributed by atoms with van der Waals surface area (Å²) in [7, 11) is 1.61. The highest BCUT2D eigenvalue weighted by molar-refractivity contribution is 5.93. The lowest BCUT2D eigenvalue weighted by Gasteiger charge is -2.37. The molecule has 138 valence electrons. The van der Waals surface area contributed by atoms with E-state index in [1.807, 2.05) is 31.2 Å². The third kappa shape index (κ3) is 3.42. The van der Waals surface area contributed by atoms with Gasteiger partial charge in [0.05, 0.1) is 13.2 Å². The summed E-state index contributed by atoms with van der Waals surface area (Å²) < 4.78 is 5.19. The molecule has 2 aromatic rings. The molecule has 6 heteroatoms. The van der Waals surface area contributed by atoms with Crippen LogP contribution in [0.15, 0.2) is 30.3 Å². The highest BCUT2D eigenvalue weighted by atomic mass is 16.5. The highest BCUT2D eigenvalue weighted by Crippen LogP contribution is 2.36. The van der Waals surface area contributed by atoms with Crippen molar-refractivity contribution >= 4 is 5.91 Å². The largest absolute Gasteiger partial charge is 0.497 e. The van der Waals surface area contributed by atoms with Crippen molar-refractivity contribution in [1.82, 2.24) is 14.9 Å². The van der Waals surface area contributed by atoms with Crippen molar-refractivity contribution in [3.63, 3.8) is 0 Å². The molecule has 0 radical (unpaired) electrons. The summed E-state index contributed by atoms with van der Waals surface area (Å²) in [5, 5.41) is 11.3. The van der Waals surface area contributed by atoms with E-state index in [4.69, 9.17) is 4.74 Å². The normalized spacial score (nSPS) is 19.3. The van der Waals surface area contributed by atoms with E-state index in [2.05, 4.69) is 9.97 Å². The van der Waals surface area contributed by atoms with E-state index in [0.717, 1.165) is 29.8 Å². The molecule has 3 rings (SSSR count). The van der Waals surface area contributed by atoms with E-state index >= 15 is 0 Å². The van der Waals surface area contributed by atoms with Crippen LogP contribution in [0.3, 0.4) is 0 Å². The van der Waals surface area contributed by atoms with Crippen LogP contribution in [-0.4, -0.2) is 45.6 Å². The minimum Gasteiger partial charge on any atom is -0.497 e. The minimum absolute atomic E-state index is 0.158. The zero-order chi connectivity index (χ0) is 18.9. The van der Waals surface area contributed by atoms with E-state index in [1.165, 1.54) is 0 Å². The molecule has 1 aliphatic rings.